The molecule has 1 heterocycles. The highest BCUT2D eigenvalue weighted by Crippen LogP contribution is 2.21. The van der Waals surface area contributed by atoms with Crippen LogP contribution in [0.1, 0.15) is 19.3 Å². The summed E-state index contributed by atoms with van der Waals surface area (Å²) >= 11 is 0. The van der Waals surface area contributed by atoms with Gasteiger partial charge in [0, 0.05) is 18.6 Å². The summed E-state index contributed by atoms with van der Waals surface area (Å²) in [6.07, 6.45) is 1.97. The standard InChI is InChI=1S/C13H15F3N2O/c14-9-6-10(15)13(16)11(7-9)18-12(19)5-8-1-3-17-4-2-8/h6-8,17H,1-5H2,(H,18,19). The molecular formula is C13H15F3N2O. The summed E-state index contributed by atoms with van der Waals surface area (Å²) in [7, 11) is 0. The molecule has 2 rings (SSSR count). The summed E-state index contributed by atoms with van der Waals surface area (Å²) in [6.45, 7) is 1.70. The number of carbonyl (C=O) groups is 1. The fourth-order valence-corrected chi connectivity index (χ4v) is 2.20. The van der Waals surface area contributed by atoms with E-state index < -0.39 is 29.0 Å². The van der Waals surface area contributed by atoms with Gasteiger partial charge in [0.05, 0.1) is 5.69 Å². The van der Waals surface area contributed by atoms with E-state index in [0.717, 1.165) is 32.0 Å². The molecular weight excluding hydrogens is 257 g/mol. The average Bonchev–Trinajstić information content (AvgIpc) is 2.36. The van der Waals surface area contributed by atoms with E-state index >= 15 is 0 Å². The second-order valence-corrected chi connectivity index (χ2v) is 4.69. The number of carbonyl (C=O) groups excluding carboxylic acids is 1. The van der Waals surface area contributed by atoms with Crippen molar-refractivity contribution in [2.24, 2.45) is 5.92 Å². The third-order valence-corrected chi connectivity index (χ3v) is 3.20. The number of amides is 1. The lowest BCUT2D eigenvalue weighted by atomic mass is 9.94. The van der Waals surface area contributed by atoms with Gasteiger partial charge in [-0.3, -0.25) is 4.79 Å². The van der Waals surface area contributed by atoms with E-state index in [1.807, 2.05) is 0 Å². The number of hydrogen-bond donors (Lipinski definition) is 2. The van der Waals surface area contributed by atoms with Crippen molar-refractivity contribution in [3.8, 4) is 0 Å². The quantitative estimate of drug-likeness (QED) is 0.830. The molecule has 1 aliphatic heterocycles. The van der Waals surface area contributed by atoms with Crippen LogP contribution in [0.15, 0.2) is 12.1 Å². The van der Waals surface area contributed by atoms with Crippen molar-refractivity contribution in [1.29, 1.82) is 0 Å². The molecule has 3 nitrogen and oxygen atoms in total. The minimum Gasteiger partial charge on any atom is -0.323 e. The van der Waals surface area contributed by atoms with Crippen LogP contribution in [0.3, 0.4) is 0 Å². The van der Waals surface area contributed by atoms with E-state index in [4.69, 9.17) is 0 Å². The molecule has 0 aliphatic carbocycles. The van der Waals surface area contributed by atoms with Crippen molar-refractivity contribution in [2.45, 2.75) is 19.3 Å². The zero-order valence-electron chi connectivity index (χ0n) is 10.3. The number of piperidine rings is 1. The van der Waals surface area contributed by atoms with Crippen LogP contribution in [-0.2, 0) is 4.79 Å². The average molecular weight is 272 g/mol. The summed E-state index contributed by atoms with van der Waals surface area (Å²) in [5.41, 5.74) is -0.448. The van der Waals surface area contributed by atoms with Gasteiger partial charge in [0.15, 0.2) is 11.6 Å². The topological polar surface area (TPSA) is 41.1 Å². The Labute approximate surface area is 109 Å². The Morgan fingerprint density at radius 1 is 1.26 bits per heavy atom. The second-order valence-electron chi connectivity index (χ2n) is 4.69. The van der Waals surface area contributed by atoms with Gasteiger partial charge in [0.2, 0.25) is 5.91 Å². The van der Waals surface area contributed by atoms with Crippen LogP contribution < -0.4 is 10.6 Å². The molecule has 1 amide bonds. The molecule has 0 saturated carbocycles. The van der Waals surface area contributed by atoms with Gasteiger partial charge in [-0.15, -0.1) is 0 Å². The minimum atomic E-state index is -1.31. The zero-order chi connectivity index (χ0) is 13.8. The van der Waals surface area contributed by atoms with Crippen LogP contribution in [0.5, 0.6) is 0 Å². The van der Waals surface area contributed by atoms with Gasteiger partial charge < -0.3 is 10.6 Å². The van der Waals surface area contributed by atoms with Crippen LogP contribution in [0.4, 0.5) is 18.9 Å². The normalized spacial score (nSPS) is 16.4. The Balaban J connectivity index is 1.98. The Bertz CT molecular complexity index is 473. The molecule has 1 saturated heterocycles. The first kappa shape index (κ1) is 13.9. The maximum atomic E-state index is 13.4. The molecule has 1 aromatic carbocycles. The van der Waals surface area contributed by atoms with Crippen LogP contribution in [-0.4, -0.2) is 19.0 Å². The van der Waals surface area contributed by atoms with Gasteiger partial charge in [0.25, 0.3) is 0 Å². The highest BCUT2D eigenvalue weighted by Gasteiger charge is 2.19. The fourth-order valence-electron chi connectivity index (χ4n) is 2.20. The number of hydrogen-bond acceptors (Lipinski definition) is 2. The van der Waals surface area contributed by atoms with E-state index in [0.29, 0.717) is 6.07 Å². The van der Waals surface area contributed by atoms with Crippen molar-refractivity contribution >= 4 is 11.6 Å². The number of nitrogens with one attached hydrogen (secondary N) is 2. The number of rotatable bonds is 3. The van der Waals surface area contributed by atoms with Crippen molar-refractivity contribution in [3.05, 3.63) is 29.6 Å². The predicted octanol–water partition coefficient (Wildman–Crippen LogP) is 2.43. The molecule has 0 unspecified atom stereocenters. The molecule has 0 aromatic heterocycles. The summed E-state index contributed by atoms with van der Waals surface area (Å²) in [5, 5.41) is 5.40. The lowest BCUT2D eigenvalue weighted by Gasteiger charge is -2.21. The maximum absolute atomic E-state index is 13.4. The first-order valence-electron chi connectivity index (χ1n) is 6.21. The van der Waals surface area contributed by atoms with Gasteiger partial charge in [-0.1, -0.05) is 0 Å². The lowest BCUT2D eigenvalue weighted by Crippen LogP contribution is -2.30. The molecule has 104 valence electrons. The summed E-state index contributed by atoms with van der Waals surface area (Å²) in [4.78, 5) is 11.7. The van der Waals surface area contributed by atoms with Crippen molar-refractivity contribution in [3.63, 3.8) is 0 Å². The van der Waals surface area contributed by atoms with Gasteiger partial charge in [-0.25, -0.2) is 13.2 Å². The first-order chi connectivity index (χ1) is 9.06. The van der Waals surface area contributed by atoms with Crippen molar-refractivity contribution in [1.82, 2.24) is 5.32 Å². The third kappa shape index (κ3) is 3.70. The van der Waals surface area contributed by atoms with E-state index in [-0.39, 0.29) is 12.3 Å². The van der Waals surface area contributed by atoms with Crippen molar-refractivity contribution < 1.29 is 18.0 Å². The minimum absolute atomic E-state index is 0.225. The molecule has 6 heteroatoms. The van der Waals surface area contributed by atoms with E-state index in [1.54, 1.807) is 0 Å². The predicted molar refractivity (Wildman–Crippen MR) is 65.2 cm³/mol. The molecule has 0 bridgehead atoms. The zero-order valence-corrected chi connectivity index (χ0v) is 10.3. The largest absolute Gasteiger partial charge is 0.323 e. The van der Waals surface area contributed by atoms with Gasteiger partial charge >= 0.3 is 0 Å². The highest BCUT2D eigenvalue weighted by atomic mass is 19.2. The summed E-state index contributed by atoms with van der Waals surface area (Å²) < 4.78 is 39.3. The number of benzene rings is 1. The lowest BCUT2D eigenvalue weighted by molar-refractivity contribution is -0.117. The first-order valence-corrected chi connectivity index (χ1v) is 6.21. The Kier molecular flexibility index (Phi) is 4.42. The van der Waals surface area contributed by atoms with Gasteiger partial charge in [-0.05, 0) is 31.8 Å². The molecule has 19 heavy (non-hydrogen) atoms. The van der Waals surface area contributed by atoms with Crippen molar-refractivity contribution in [2.75, 3.05) is 18.4 Å². The molecule has 1 aliphatic rings. The van der Waals surface area contributed by atoms with Gasteiger partial charge in [0.1, 0.15) is 5.82 Å². The third-order valence-electron chi connectivity index (χ3n) is 3.20. The monoisotopic (exact) mass is 272 g/mol. The summed E-state index contributed by atoms with van der Waals surface area (Å²) in [6, 6.07) is 1.22. The fraction of sp³-hybridized carbons (Fsp3) is 0.462. The molecule has 0 atom stereocenters. The number of halogens is 3. The highest BCUT2D eigenvalue weighted by molar-refractivity contribution is 5.91. The summed E-state index contributed by atoms with van der Waals surface area (Å²) in [5.74, 6) is -3.66. The smallest absolute Gasteiger partial charge is 0.224 e. The van der Waals surface area contributed by atoms with E-state index in [2.05, 4.69) is 10.6 Å². The maximum Gasteiger partial charge on any atom is 0.224 e. The second kappa shape index (κ2) is 6.06. The Morgan fingerprint density at radius 3 is 2.63 bits per heavy atom. The van der Waals surface area contributed by atoms with Crippen LogP contribution in [0.25, 0.3) is 0 Å². The van der Waals surface area contributed by atoms with Crippen LogP contribution in [0, 0.1) is 23.4 Å². The van der Waals surface area contributed by atoms with E-state index in [1.165, 1.54) is 0 Å². The molecule has 0 radical (unpaired) electrons. The van der Waals surface area contributed by atoms with Gasteiger partial charge in [-0.2, -0.15) is 0 Å². The molecule has 0 spiro atoms. The van der Waals surface area contributed by atoms with Crippen LogP contribution in [0.2, 0.25) is 0 Å². The van der Waals surface area contributed by atoms with Crippen LogP contribution >= 0.6 is 0 Å². The number of anilines is 1. The molecule has 1 fully saturated rings. The Hall–Kier alpha value is -1.56. The molecule has 1 aromatic rings. The SMILES string of the molecule is O=C(CC1CCNCC1)Nc1cc(F)cc(F)c1F. The van der Waals surface area contributed by atoms with E-state index in [9.17, 15) is 18.0 Å². The Morgan fingerprint density at radius 2 is 1.95 bits per heavy atom. The molecule has 2 N–H and O–H groups in total.